The molecular weight excluding hydrogens is 338 g/mol. The molecule has 1 aromatic carbocycles. The predicted octanol–water partition coefficient (Wildman–Crippen LogP) is 3.19. The fraction of sp³-hybridized carbons (Fsp3) is 0.273. The third-order valence-electron chi connectivity index (χ3n) is 1.87. The predicted molar refractivity (Wildman–Crippen MR) is 66.9 cm³/mol. The van der Waals surface area contributed by atoms with Gasteiger partial charge in [-0.2, -0.15) is 5.26 Å². The Morgan fingerprint density at radius 2 is 2.19 bits per heavy atom. The third-order valence-corrected chi connectivity index (χ3v) is 3.27. The van der Waals surface area contributed by atoms with E-state index in [1.54, 1.807) is 19.1 Å². The molecule has 0 N–H and O–H groups in total. The van der Waals surface area contributed by atoms with Gasteiger partial charge in [-0.15, -0.1) is 0 Å². The number of carbonyl (C=O) groups excluding carboxylic acids is 1. The quantitative estimate of drug-likeness (QED) is 0.790. The minimum Gasteiger partial charge on any atom is -0.466 e. The Bertz CT molecular complexity index is 452. The zero-order valence-electron chi connectivity index (χ0n) is 8.59. The Morgan fingerprint density at radius 3 is 2.75 bits per heavy atom. The van der Waals surface area contributed by atoms with Crippen molar-refractivity contribution in [2.24, 2.45) is 0 Å². The number of halogens is 2. The Labute approximate surface area is 111 Å². The first-order valence-corrected chi connectivity index (χ1v) is 6.20. The second-order valence-corrected chi connectivity index (χ2v) is 4.73. The summed E-state index contributed by atoms with van der Waals surface area (Å²) < 4.78 is 6.27. The number of ether oxygens (including phenoxy) is 1. The second-order valence-electron chi connectivity index (χ2n) is 3.02. The first-order valence-electron chi connectivity index (χ1n) is 4.62. The van der Waals surface area contributed by atoms with Gasteiger partial charge in [0.05, 0.1) is 18.6 Å². The van der Waals surface area contributed by atoms with E-state index in [2.05, 4.69) is 37.9 Å². The molecule has 16 heavy (non-hydrogen) atoms. The summed E-state index contributed by atoms with van der Waals surface area (Å²) >= 11 is 6.60. The van der Waals surface area contributed by atoms with Crippen LogP contribution in [-0.2, 0) is 16.0 Å². The Balaban J connectivity index is 3.01. The summed E-state index contributed by atoms with van der Waals surface area (Å²) in [5.41, 5.74) is 1.23. The van der Waals surface area contributed by atoms with Crippen LogP contribution in [0.2, 0.25) is 0 Å². The van der Waals surface area contributed by atoms with Gasteiger partial charge in [0.25, 0.3) is 0 Å². The smallest absolute Gasteiger partial charge is 0.310 e. The van der Waals surface area contributed by atoms with Crippen molar-refractivity contribution >= 4 is 37.8 Å². The van der Waals surface area contributed by atoms with Crippen LogP contribution in [0.3, 0.4) is 0 Å². The van der Waals surface area contributed by atoms with E-state index in [1.165, 1.54) is 0 Å². The molecule has 0 bridgehead atoms. The summed E-state index contributed by atoms with van der Waals surface area (Å²) in [5.74, 6) is -0.301. The third kappa shape index (κ3) is 3.32. The first-order chi connectivity index (χ1) is 7.58. The molecule has 0 aliphatic carbocycles. The molecule has 1 rings (SSSR count). The number of benzene rings is 1. The van der Waals surface area contributed by atoms with E-state index in [-0.39, 0.29) is 12.4 Å². The fourth-order valence-corrected chi connectivity index (χ4v) is 2.19. The first kappa shape index (κ1) is 13.2. The lowest BCUT2D eigenvalue weighted by molar-refractivity contribution is -0.142. The van der Waals surface area contributed by atoms with Crippen molar-refractivity contribution in [3.05, 3.63) is 32.2 Å². The average Bonchev–Trinajstić information content (AvgIpc) is 2.23. The molecule has 5 heteroatoms. The molecule has 0 radical (unpaired) electrons. The molecule has 0 aliphatic rings. The van der Waals surface area contributed by atoms with E-state index in [4.69, 9.17) is 10.00 Å². The molecule has 0 spiro atoms. The molecular formula is C11H9Br2NO2. The average molecular weight is 347 g/mol. The van der Waals surface area contributed by atoms with Gasteiger partial charge in [0.15, 0.2) is 0 Å². The summed E-state index contributed by atoms with van der Waals surface area (Å²) in [4.78, 5) is 11.3. The summed E-state index contributed by atoms with van der Waals surface area (Å²) in [7, 11) is 0. The van der Waals surface area contributed by atoms with Crippen LogP contribution in [0.1, 0.15) is 18.1 Å². The number of hydrogen-bond acceptors (Lipinski definition) is 3. The van der Waals surface area contributed by atoms with Crippen LogP contribution in [-0.4, -0.2) is 12.6 Å². The highest BCUT2D eigenvalue weighted by Crippen LogP contribution is 2.26. The van der Waals surface area contributed by atoms with Crippen LogP contribution in [0, 0.1) is 11.3 Å². The Morgan fingerprint density at radius 1 is 1.50 bits per heavy atom. The maximum absolute atomic E-state index is 11.3. The van der Waals surface area contributed by atoms with Gasteiger partial charge in [0.2, 0.25) is 0 Å². The van der Waals surface area contributed by atoms with Gasteiger partial charge >= 0.3 is 5.97 Å². The molecule has 0 aromatic heterocycles. The van der Waals surface area contributed by atoms with Crippen LogP contribution in [0.5, 0.6) is 0 Å². The van der Waals surface area contributed by atoms with Crippen LogP contribution in [0.15, 0.2) is 21.1 Å². The molecule has 1 aromatic rings. The fourth-order valence-electron chi connectivity index (χ4n) is 1.22. The number of rotatable bonds is 3. The van der Waals surface area contributed by atoms with Gasteiger partial charge in [-0.05, 0) is 40.5 Å². The van der Waals surface area contributed by atoms with Crippen molar-refractivity contribution in [3.63, 3.8) is 0 Å². The Kier molecular flexibility index (Phi) is 4.97. The summed E-state index contributed by atoms with van der Waals surface area (Å²) in [6, 6.07) is 5.54. The Hall–Kier alpha value is -0.860. The molecule has 0 fully saturated rings. The van der Waals surface area contributed by atoms with E-state index in [9.17, 15) is 4.79 Å². The number of nitriles is 1. The van der Waals surface area contributed by atoms with Crippen molar-refractivity contribution in [1.82, 2.24) is 0 Å². The monoisotopic (exact) mass is 345 g/mol. The van der Waals surface area contributed by atoms with E-state index in [0.717, 1.165) is 10.0 Å². The van der Waals surface area contributed by atoms with Crippen molar-refractivity contribution < 1.29 is 9.53 Å². The van der Waals surface area contributed by atoms with Crippen molar-refractivity contribution in [1.29, 1.82) is 5.26 Å². The van der Waals surface area contributed by atoms with E-state index < -0.39 is 0 Å². The molecule has 3 nitrogen and oxygen atoms in total. The lowest BCUT2D eigenvalue weighted by Crippen LogP contribution is -2.08. The molecule has 0 amide bonds. The van der Waals surface area contributed by atoms with E-state index in [1.807, 2.05) is 0 Å². The zero-order chi connectivity index (χ0) is 12.1. The molecule has 0 unspecified atom stereocenters. The zero-order valence-corrected chi connectivity index (χ0v) is 11.8. The number of hydrogen-bond donors (Lipinski definition) is 0. The number of carbonyl (C=O) groups is 1. The second kappa shape index (κ2) is 6.02. The standard InChI is InChI=1S/C11H9Br2NO2/c1-2-16-10(15)5-7-3-9(12)4-8(6-14)11(7)13/h3-4H,2,5H2,1H3. The number of nitrogens with zero attached hydrogens (tertiary/aromatic N) is 1. The van der Waals surface area contributed by atoms with Gasteiger partial charge < -0.3 is 4.74 Å². The van der Waals surface area contributed by atoms with Crippen LogP contribution in [0.4, 0.5) is 0 Å². The topological polar surface area (TPSA) is 50.1 Å². The maximum Gasteiger partial charge on any atom is 0.310 e. The van der Waals surface area contributed by atoms with Crippen molar-refractivity contribution in [2.75, 3.05) is 6.61 Å². The highest BCUT2D eigenvalue weighted by molar-refractivity contribution is 9.11. The SMILES string of the molecule is CCOC(=O)Cc1cc(Br)cc(C#N)c1Br. The highest BCUT2D eigenvalue weighted by Gasteiger charge is 2.11. The maximum atomic E-state index is 11.3. The van der Waals surface area contributed by atoms with Gasteiger partial charge in [-0.1, -0.05) is 15.9 Å². The van der Waals surface area contributed by atoms with Gasteiger partial charge in [-0.3, -0.25) is 4.79 Å². The molecule has 84 valence electrons. The van der Waals surface area contributed by atoms with E-state index in [0.29, 0.717) is 16.6 Å². The molecule has 0 saturated heterocycles. The molecule has 0 saturated carbocycles. The minimum absolute atomic E-state index is 0.155. The number of esters is 1. The molecule has 0 heterocycles. The minimum atomic E-state index is -0.301. The van der Waals surface area contributed by atoms with Crippen molar-refractivity contribution in [3.8, 4) is 6.07 Å². The van der Waals surface area contributed by atoms with Gasteiger partial charge in [0.1, 0.15) is 6.07 Å². The lowest BCUT2D eigenvalue weighted by Gasteiger charge is -2.06. The van der Waals surface area contributed by atoms with Crippen molar-refractivity contribution in [2.45, 2.75) is 13.3 Å². The molecule has 0 atom stereocenters. The van der Waals surface area contributed by atoms with Gasteiger partial charge in [0, 0.05) is 8.95 Å². The lowest BCUT2D eigenvalue weighted by atomic mass is 10.1. The highest BCUT2D eigenvalue weighted by atomic mass is 79.9. The summed E-state index contributed by atoms with van der Waals surface area (Å²) in [5, 5.41) is 8.89. The normalized spacial score (nSPS) is 9.62. The largest absolute Gasteiger partial charge is 0.466 e. The summed E-state index contributed by atoms with van der Waals surface area (Å²) in [6.07, 6.45) is 0.155. The van der Waals surface area contributed by atoms with Gasteiger partial charge in [-0.25, -0.2) is 0 Å². The molecule has 0 aliphatic heterocycles. The van der Waals surface area contributed by atoms with Crippen LogP contribution >= 0.6 is 31.9 Å². The summed E-state index contributed by atoms with van der Waals surface area (Å²) in [6.45, 7) is 2.12. The van der Waals surface area contributed by atoms with Crippen LogP contribution in [0.25, 0.3) is 0 Å². The van der Waals surface area contributed by atoms with Crippen LogP contribution < -0.4 is 0 Å². The van der Waals surface area contributed by atoms with E-state index >= 15 is 0 Å².